The maximum Gasteiger partial charge on any atom is 0.331 e. The molecule has 200 valence electrons. The van der Waals surface area contributed by atoms with Crippen molar-refractivity contribution in [3.63, 3.8) is 0 Å². The summed E-state index contributed by atoms with van der Waals surface area (Å²) in [5.41, 5.74) is 5.17. The van der Waals surface area contributed by atoms with E-state index in [1.165, 1.54) is 6.08 Å². The quantitative estimate of drug-likeness (QED) is 0.158. The standard InChI is InChI=1S/C32H27N3O5/c1-20-30(25-10-6-7-11-26(25)33-20)32(37)21(2)40-29(36)15-13-23-19-35(24-8-4-3-5-9-24)34-31(23)22-12-14-27-28(18-22)39-17-16-38-27/h3-15,18-19,21,33H,16-17H2,1-2H3. The van der Waals surface area contributed by atoms with Crippen LogP contribution in [0.25, 0.3) is 33.9 Å². The van der Waals surface area contributed by atoms with E-state index in [1.54, 1.807) is 17.7 Å². The number of H-pyrrole nitrogens is 1. The number of benzene rings is 3. The third-order valence-corrected chi connectivity index (χ3v) is 6.78. The van der Waals surface area contributed by atoms with Crippen LogP contribution in [0.4, 0.5) is 0 Å². The number of aromatic nitrogens is 3. The number of hydrogen-bond acceptors (Lipinski definition) is 6. The Hall–Kier alpha value is -5.11. The van der Waals surface area contributed by atoms with Gasteiger partial charge in [0.15, 0.2) is 17.6 Å². The van der Waals surface area contributed by atoms with Crippen molar-refractivity contribution in [3.05, 3.63) is 102 Å². The lowest BCUT2D eigenvalue weighted by Gasteiger charge is -2.18. The molecule has 1 N–H and O–H groups in total. The molecule has 3 heterocycles. The van der Waals surface area contributed by atoms with Gasteiger partial charge in [0.25, 0.3) is 0 Å². The molecule has 2 aromatic heterocycles. The summed E-state index contributed by atoms with van der Waals surface area (Å²) >= 11 is 0. The fraction of sp³-hybridized carbons (Fsp3) is 0.156. The van der Waals surface area contributed by atoms with Gasteiger partial charge in [-0.05, 0) is 56.3 Å². The highest BCUT2D eigenvalue weighted by Crippen LogP contribution is 2.35. The number of nitrogens with zero attached hydrogens (tertiary/aromatic N) is 2. The molecule has 0 saturated heterocycles. The summed E-state index contributed by atoms with van der Waals surface area (Å²) in [5, 5.41) is 5.60. The van der Waals surface area contributed by atoms with E-state index in [1.807, 2.05) is 85.9 Å². The number of ketones is 1. The average Bonchev–Trinajstić information content (AvgIpc) is 3.56. The molecule has 6 rings (SSSR count). The van der Waals surface area contributed by atoms with Crippen LogP contribution in [0.3, 0.4) is 0 Å². The van der Waals surface area contributed by atoms with Gasteiger partial charge in [0.2, 0.25) is 5.78 Å². The first kappa shape index (κ1) is 25.2. The van der Waals surface area contributed by atoms with Crippen LogP contribution in [-0.2, 0) is 9.53 Å². The van der Waals surface area contributed by atoms with E-state index >= 15 is 0 Å². The first-order valence-corrected chi connectivity index (χ1v) is 13.0. The number of fused-ring (bicyclic) bond motifs is 2. The molecule has 8 heteroatoms. The van der Waals surface area contributed by atoms with Crippen molar-refractivity contribution < 1.29 is 23.8 Å². The molecule has 40 heavy (non-hydrogen) atoms. The summed E-state index contributed by atoms with van der Waals surface area (Å²) in [7, 11) is 0. The normalized spacial score (nSPS) is 13.4. The van der Waals surface area contributed by atoms with Gasteiger partial charge >= 0.3 is 5.97 Å². The van der Waals surface area contributed by atoms with Gasteiger partial charge in [0.1, 0.15) is 18.9 Å². The Bertz CT molecular complexity index is 1750. The summed E-state index contributed by atoms with van der Waals surface area (Å²) in [6.07, 6.45) is 3.85. The van der Waals surface area contributed by atoms with Crippen LogP contribution in [0.15, 0.2) is 85.1 Å². The third kappa shape index (κ3) is 4.87. The minimum absolute atomic E-state index is 0.259. The average molecular weight is 534 g/mol. The van der Waals surface area contributed by atoms with E-state index in [0.29, 0.717) is 41.5 Å². The fourth-order valence-corrected chi connectivity index (χ4v) is 4.86. The first-order valence-electron chi connectivity index (χ1n) is 13.0. The number of carbonyl (C=O) groups is 2. The largest absolute Gasteiger partial charge is 0.486 e. The molecule has 0 radical (unpaired) electrons. The molecule has 0 spiro atoms. The topological polar surface area (TPSA) is 95.4 Å². The number of Topliss-reactive ketones (excluding diaryl/α,β-unsaturated/α-hetero) is 1. The van der Waals surface area contributed by atoms with E-state index in [2.05, 4.69) is 4.98 Å². The Morgan fingerprint density at radius 3 is 2.58 bits per heavy atom. The molecular formula is C32H27N3O5. The second-order valence-electron chi connectivity index (χ2n) is 9.52. The maximum atomic E-state index is 13.2. The number of hydrogen-bond donors (Lipinski definition) is 1. The van der Waals surface area contributed by atoms with Gasteiger partial charge in [-0.3, -0.25) is 4.79 Å². The number of ether oxygens (including phenoxy) is 3. The molecule has 1 atom stereocenters. The molecule has 1 aliphatic rings. The van der Waals surface area contributed by atoms with Crippen molar-refractivity contribution in [2.24, 2.45) is 0 Å². The first-order chi connectivity index (χ1) is 19.5. The highest BCUT2D eigenvalue weighted by Gasteiger charge is 2.24. The van der Waals surface area contributed by atoms with Crippen molar-refractivity contribution in [1.82, 2.24) is 14.8 Å². The summed E-state index contributed by atoms with van der Waals surface area (Å²) in [6.45, 7) is 4.41. The second-order valence-corrected chi connectivity index (χ2v) is 9.52. The molecular weight excluding hydrogens is 506 g/mol. The van der Waals surface area contributed by atoms with Gasteiger partial charge in [-0.2, -0.15) is 5.10 Å². The summed E-state index contributed by atoms with van der Waals surface area (Å²) < 4.78 is 18.7. The van der Waals surface area contributed by atoms with E-state index in [4.69, 9.17) is 19.3 Å². The van der Waals surface area contributed by atoms with E-state index in [9.17, 15) is 9.59 Å². The number of esters is 1. The number of aromatic amines is 1. The van der Waals surface area contributed by atoms with Crippen LogP contribution in [0.1, 0.15) is 28.5 Å². The SMILES string of the molecule is Cc1[nH]c2ccccc2c1C(=O)C(C)OC(=O)C=Cc1cn(-c2ccccc2)nc1-c1ccc2c(c1)OCCO2. The lowest BCUT2D eigenvalue weighted by atomic mass is 10.0. The van der Waals surface area contributed by atoms with Gasteiger partial charge in [0, 0.05) is 45.6 Å². The third-order valence-electron chi connectivity index (χ3n) is 6.78. The highest BCUT2D eigenvalue weighted by atomic mass is 16.6. The van der Waals surface area contributed by atoms with Crippen LogP contribution < -0.4 is 9.47 Å². The van der Waals surface area contributed by atoms with Crippen LogP contribution in [0, 0.1) is 6.92 Å². The lowest BCUT2D eigenvalue weighted by Crippen LogP contribution is -2.24. The van der Waals surface area contributed by atoms with Crippen LogP contribution in [0.5, 0.6) is 11.5 Å². The highest BCUT2D eigenvalue weighted by molar-refractivity contribution is 6.11. The summed E-state index contributed by atoms with van der Waals surface area (Å²) in [5.74, 6) is 0.444. The molecule has 0 aliphatic carbocycles. The smallest absolute Gasteiger partial charge is 0.331 e. The molecule has 8 nitrogen and oxygen atoms in total. The Labute approximate surface area is 230 Å². The van der Waals surface area contributed by atoms with Crippen LogP contribution >= 0.6 is 0 Å². The molecule has 5 aromatic rings. The molecule has 0 saturated carbocycles. The minimum atomic E-state index is -0.959. The number of aryl methyl sites for hydroxylation is 1. The Morgan fingerprint density at radius 2 is 1.75 bits per heavy atom. The molecule has 0 fully saturated rings. The van der Waals surface area contributed by atoms with Gasteiger partial charge < -0.3 is 19.2 Å². The van der Waals surface area contributed by atoms with E-state index in [0.717, 1.165) is 27.8 Å². The number of rotatable bonds is 7. The molecule has 0 amide bonds. The van der Waals surface area contributed by atoms with Gasteiger partial charge in [0.05, 0.1) is 5.69 Å². The fourth-order valence-electron chi connectivity index (χ4n) is 4.86. The minimum Gasteiger partial charge on any atom is -0.486 e. The van der Waals surface area contributed by atoms with Gasteiger partial charge in [-0.25, -0.2) is 9.48 Å². The van der Waals surface area contributed by atoms with Crippen molar-refractivity contribution >= 4 is 28.7 Å². The van der Waals surface area contributed by atoms with Gasteiger partial charge in [-0.15, -0.1) is 0 Å². The Kier molecular flexibility index (Phi) is 6.66. The molecule has 1 unspecified atom stereocenters. The zero-order valence-electron chi connectivity index (χ0n) is 22.1. The van der Waals surface area contributed by atoms with E-state index < -0.39 is 12.1 Å². The lowest BCUT2D eigenvalue weighted by molar-refractivity contribution is -0.140. The van der Waals surface area contributed by atoms with Crippen molar-refractivity contribution in [1.29, 1.82) is 0 Å². The maximum absolute atomic E-state index is 13.2. The number of carbonyl (C=O) groups excluding carboxylic acids is 2. The van der Waals surface area contributed by atoms with Gasteiger partial charge in [-0.1, -0.05) is 36.4 Å². The number of nitrogens with one attached hydrogen (secondary N) is 1. The predicted octanol–water partition coefficient (Wildman–Crippen LogP) is 5.93. The summed E-state index contributed by atoms with van der Waals surface area (Å²) in [4.78, 5) is 29.3. The molecule has 3 aromatic carbocycles. The van der Waals surface area contributed by atoms with Crippen molar-refractivity contribution in [2.75, 3.05) is 13.2 Å². The zero-order chi connectivity index (χ0) is 27.6. The van der Waals surface area contributed by atoms with Crippen LogP contribution in [-0.4, -0.2) is 45.8 Å². The monoisotopic (exact) mass is 533 g/mol. The molecule has 1 aliphatic heterocycles. The zero-order valence-corrected chi connectivity index (χ0v) is 22.1. The predicted molar refractivity (Wildman–Crippen MR) is 152 cm³/mol. The van der Waals surface area contributed by atoms with Crippen molar-refractivity contribution in [2.45, 2.75) is 20.0 Å². The van der Waals surface area contributed by atoms with E-state index in [-0.39, 0.29) is 5.78 Å². The Morgan fingerprint density at radius 1 is 1.00 bits per heavy atom. The summed E-state index contributed by atoms with van der Waals surface area (Å²) in [6, 6.07) is 22.9. The second kappa shape index (κ2) is 10.6. The molecule has 0 bridgehead atoms. The number of para-hydroxylation sites is 2. The van der Waals surface area contributed by atoms with Crippen molar-refractivity contribution in [3.8, 4) is 28.4 Å². The Balaban J connectivity index is 1.26. The van der Waals surface area contributed by atoms with Crippen LogP contribution in [0.2, 0.25) is 0 Å².